The van der Waals surface area contributed by atoms with Crippen LogP contribution in [0.25, 0.3) is 0 Å². The van der Waals surface area contributed by atoms with Crippen LogP contribution in [0.2, 0.25) is 0 Å². The molecule has 30 heteroatoms. The molecule has 0 aliphatic heterocycles. The molecular weight excluding hydrogens is 1050 g/mol. The van der Waals surface area contributed by atoms with E-state index in [0.717, 1.165) is 13.8 Å². The number of aliphatic carboxylic acids is 2. The van der Waals surface area contributed by atoms with Crippen LogP contribution >= 0.6 is 0 Å². The average Bonchev–Trinajstić information content (AvgIpc) is 3.34. The van der Waals surface area contributed by atoms with Gasteiger partial charge in [-0.15, -0.1) is 0 Å². The highest BCUT2D eigenvalue weighted by Gasteiger charge is 2.38. The van der Waals surface area contributed by atoms with Gasteiger partial charge in [0, 0.05) is 0 Å². The molecule has 10 amide bonds. The maximum Gasteiger partial charge on any atom is 0.326 e. The molecule has 0 saturated heterocycles. The zero-order valence-electron chi connectivity index (χ0n) is 47.6. The van der Waals surface area contributed by atoms with E-state index in [1.807, 2.05) is 0 Å². The molecule has 0 rings (SSSR count). The largest absolute Gasteiger partial charge is 0.481 e. The van der Waals surface area contributed by atoms with Crippen molar-refractivity contribution in [2.45, 2.75) is 206 Å². The van der Waals surface area contributed by atoms with Crippen molar-refractivity contribution in [3.05, 3.63) is 0 Å². The first-order valence-electron chi connectivity index (χ1n) is 26.8. The Bertz CT molecular complexity index is 2070. The molecule has 13 atom stereocenters. The Morgan fingerprint density at radius 3 is 1.10 bits per heavy atom. The third kappa shape index (κ3) is 28.0. The highest BCUT2D eigenvalue weighted by molar-refractivity contribution is 5.99. The zero-order chi connectivity index (χ0) is 61.7. The van der Waals surface area contributed by atoms with Gasteiger partial charge in [0.1, 0.15) is 54.4 Å². The van der Waals surface area contributed by atoms with E-state index in [2.05, 4.69) is 53.2 Å². The van der Waals surface area contributed by atoms with Crippen molar-refractivity contribution >= 4 is 71.0 Å². The van der Waals surface area contributed by atoms with Gasteiger partial charge in [0.15, 0.2) is 0 Å². The number of carboxylic acid groups (broad SMARTS) is 2. The second kappa shape index (κ2) is 37.4. The number of carbonyl (C=O) groups excluding carboxylic acids is 10. The van der Waals surface area contributed by atoms with Crippen LogP contribution in [-0.4, -0.2) is 195 Å². The summed E-state index contributed by atoms with van der Waals surface area (Å²) in [5.74, 6) is -13.8. The summed E-state index contributed by atoms with van der Waals surface area (Å²) in [5, 5.41) is 74.6. The monoisotopic (exact) mass is 1150 g/mol. The van der Waals surface area contributed by atoms with Crippen LogP contribution in [0.5, 0.6) is 0 Å². The summed E-state index contributed by atoms with van der Waals surface area (Å²) in [6, 6.07) is -15.1. The normalized spacial score (nSPS) is 16.2. The van der Waals surface area contributed by atoms with Crippen molar-refractivity contribution in [3.8, 4) is 0 Å². The molecule has 0 aromatic heterocycles. The Morgan fingerprint density at radius 2 is 0.738 bits per heavy atom. The number of hydrogen-bond donors (Lipinski definition) is 18. The summed E-state index contributed by atoms with van der Waals surface area (Å²) in [4.78, 5) is 158. The lowest BCUT2D eigenvalue weighted by atomic mass is 9.99. The highest BCUT2D eigenvalue weighted by atomic mass is 16.4. The lowest BCUT2D eigenvalue weighted by Gasteiger charge is -2.29. The summed E-state index contributed by atoms with van der Waals surface area (Å²) in [7, 11) is 0. The smallest absolute Gasteiger partial charge is 0.326 e. The number of carbonyl (C=O) groups is 12. The van der Waals surface area contributed by atoms with E-state index in [9.17, 15) is 83.1 Å². The van der Waals surface area contributed by atoms with E-state index >= 15 is 0 Å². The van der Waals surface area contributed by atoms with Crippen LogP contribution in [0.1, 0.15) is 127 Å². The molecule has 0 spiro atoms. The van der Waals surface area contributed by atoms with Gasteiger partial charge in [-0.3, -0.25) is 52.7 Å². The van der Waals surface area contributed by atoms with Gasteiger partial charge in [0.05, 0.1) is 37.3 Å². The van der Waals surface area contributed by atoms with Gasteiger partial charge < -0.3 is 95.9 Å². The fraction of sp³-hybridized carbons (Fsp3) is 0.760. The predicted octanol–water partition coefficient (Wildman–Crippen LogP) is -5.48. The Labute approximate surface area is 466 Å². The first-order chi connectivity index (χ1) is 37.2. The molecule has 0 aromatic rings. The van der Waals surface area contributed by atoms with E-state index in [4.69, 9.17) is 17.2 Å². The molecule has 0 aliphatic carbocycles. The molecule has 0 aliphatic rings. The number of aliphatic hydroxyl groups is 3. The maximum absolute atomic E-state index is 13.8. The Hall–Kier alpha value is -6.60. The van der Waals surface area contributed by atoms with Crippen LogP contribution in [0.4, 0.5) is 0 Å². The van der Waals surface area contributed by atoms with Gasteiger partial charge >= 0.3 is 11.9 Å². The molecule has 0 radical (unpaired) electrons. The van der Waals surface area contributed by atoms with Gasteiger partial charge in [-0.2, -0.15) is 0 Å². The van der Waals surface area contributed by atoms with Crippen molar-refractivity contribution < 1.29 is 83.1 Å². The van der Waals surface area contributed by atoms with Crippen LogP contribution in [0.3, 0.4) is 0 Å². The second-order valence-electron chi connectivity index (χ2n) is 21.0. The van der Waals surface area contributed by atoms with Crippen molar-refractivity contribution in [2.24, 2.45) is 35.0 Å². The van der Waals surface area contributed by atoms with Crippen molar-refractivity contribution in [1.29, 1.82) is 0 Å². The Morgan fingerprint density at radius 1 is 0.400 bits per heavy atom. The van der Waals surface area contributed by atoms with Crippen LogP contribution in [0.15, 0.2) is 0 Å². The minimum Gasteiger partial charge on any atom is -0.481 e. The second-order valence-corrected chi connectivity index (χ2v) is 21.0. The minimum atomic E-state index is -1.98. The molecule has 458 valence electrons. The standard InChI is InChI=1S/C50H91N13O17/c1-23(2)19-32(57-41(70)26(7)53)46(75)62-40(29(10)66)49(78)63-39(28(9)65)48(77)59-34(21-36(68)69)44(73)56-30(15-11-13-17-51)42(71)54-22-35(67)55-31(16-12-14-18-52)43(72)61-38(27(8)64)47(76)58-33(20-24(3)4)45(74)60-37(25(5)6)50(79)80/h23-34,37-40,64-66H,11-22,51-53H2,1-10H3,(H,54,71)(H,55,67)(H,56,73)(H,57,70)(H,58,76)(H,59,77)(H,60,74)(H,61,72)(H,62,75)(H,63,78)(H,68,69)(H,79,80)/t26-,27+,28+,29+,30-,31-,32-,33-,34-,37-,38-,39-,40-/m0/s1. The number of nitrogens with two attached hydrogens (primary N) is 3. The SMILES string of the molecule is CC(C)C[C@H](NC(=O)[C@H](C)N)C(=O)N[C@H](C(=O)N[C@H](C(=O)N[C@@H](CC(=O)O)C(=O)N[C@@H](CCCCN)C(=O)NCC(=O)N[C@@H](CCCCN)C(=O)N[C@H](C(=O)N[C@@H](CC(C)C)C(=O)N[C@H](C(=O)O)C(C)C)[C@@H](C)O)[C@@H](C)O)[C@@H](C)O. The van der Waals surface area contributed by atoms with Gasteiger partial charge in [0.2, 0.25) is 59.1 Å². The van der Waals surface area contributed by atoms with Gasteiger partial charge in [-0.1, -0.05) is 41.5 Å². The Kier molecular flexibility index (Phi) is 34.3. The number of aliphatic hydroxyl groups excluding tert-OH is 3. The fourth-order valence-electron chi connectivity index (χ4n) is 7.68. The van der Waals surface area contributed by atoms with Gasteiger partial charge in [0.25, 0.3) is 0 Å². The van der Waals surface area contributed by atoms with Crippen molar-refractivity contribution in [1.82, 2.24) is 53.2 Å². The quantitative estimate of drug-likeness (QED) is 0.0255. The number of rotatable bonds is 39. The summed E-state index contributed by atoms with van der Waals surface area (Å²) in [6.07, 6.45) is -4.89. The highest BCUT2D eigenvalue weighted by Crippen LogP contribution is 2.12. The van der Waals surface area contributed by atoms with E-state index in [-0.39, 0.29) is 63.5 Å². The van der Waals surface area contributed by atoms with E-state index < -0.39 is 169 Å². The fourth-order valence-corrected chi connectivity index (χ4v) is 7.68. The third-order valence-electron chi connectivity index (χ3n) is 12.1. The third-order valence-corrected chi connectivity index (χ3v) is 12.1. The minimum absolute atomic E-state index is 0.0481. The van der Waals surface area contributed by atoms with Crippen LogP contribution < -0.4 is 70.4 Å². The van der Waals surface area contributed by atoms with Crippen molar-refractivity contribution in [2.75, 3.05) is 19.6 Å². The number of amides is 10. The number of hydrogen-bond acceptors (Lipinski definition) is 18. The molecule has 0 saturated carbocycles. The maximum atomic E-state index is 13.8. The summed E-state index contributed by atoms with van der Waals surface area (Å²) in [5.41, 5.74) is 16.9. The van der Waals surface area contributed by atoms with Gasteiger partial charge in [-0.05, 0) is 110 Å². The average molecular weight is 1150 g/mol. The lowest BCUT2D eigenvalue weighted by molar-refractivity contribution is -0.144. The molecule has 0 bridgehead atoms. The first-order valence-corrected chi connectivity index (χ1v) is 26.8. The molecule has 80 heavy (non-hydrogen) atoms. The first kappa shape index (κ1) is 73.4. The molecule has 0 aromatic carbocycles. The van der Waals surface area contributed by atoms with Crippen LogP contribution in [0, 0.1) is 17.8 Å². The summed E-state index contributed by atoms with van der Waals surface area (Å²) in [6.45, 7) is 14.5. The molecule has 21 N–H and O–H groups in total. The van der Waals surface area contributed by atoms with E-state index in [1.165, 1.54) is 13.8 Å². The molecular formula is C50H91N13O17. The summed E-state index contributed by atoms with van der Waals surface area (Å²) < 4.78 is 0. The van der Waals surface area contributed by atoms with Crippen molar-refractivity contribution in [3.63, 3.8) is 0 Å². The van der Waals surface area contributed by atoms with Crippen LogP contribution in [-0.2, 0) is 57.5 Å². The molecule has 0 fully saturated rings. The zero-order valence-corrected chi connectivity index (χ0v) is 47.6. The number of unbranched alkanes of at least 4 members (excludes halogenated alkanes) is 2. The summed E-state index contributed by atoms with van der Waals surface area (Å²) >= 11 is 0. The molecule has 30 nitrogen and oxygen atoms in total. The molecule has 0 heterocycles. The lowest BCUT2D eigenvalue weighted by Crippen LogP contribution is -2.63. The predicted molar refractivity (Wildman–Crippen MR) is 289 cm³/mol. The van der Waals surface area contributed by atoms with E-state index in [0.29, 0.717) is 12.8 Å². The molecule has 0 unspecified atom stereocenters. The van der Waals surface area contributed by atoms with Gasteiger partial charge in [-0.25, -0.2) is 4.79 Å². The topological polar surface area (TPSA) is 504 Å². The number of nitrogens with one attached hydrogen (secondary N) is 10. The van der Waals surface area contributed by atoms with E-state index in [1.54, 1.807) is 41.5 Å². The number of carboxylic acids is 2. The Balaban J connectivity index is 6.44.